The summed E-state index contributed by atoms with van der Waals surface area (Å²) < 4.78 is 91.4. The summed E-state index contributed by atoms with van der Waals surface area (Å²) in [5, 5.41) is 0. The molecule has 2 aromatic heterocycles. The predicted molar refractivity (Wildman–Crippen MR) is 139 cm³/mol. The van der Waals surface area contributed by atoms with Gasteiger partial charge in [0.2, 0.25) is 15.9 Å². The lowest BCUT2D eigenvalue weighted by Gasteiger charge is -2.20. The number of halogens is 4. The van der Waals surface area contributed by atoms with Crippen LogP contribution in [0, 0.1) is 0 Å². The Bertz CT molecular complexity index is 1510. The van der Waals surface area contributed by atoms with Crippen LogP contribution in [-0.2, 0) is 16.4 Å². The summed E-state index contributed by atoms with van der Waals surface area (Å²) in [6.07, 6.45) is 6.23. The lowest BCUT2D eigenvalue weighted by atomic mass is 9.87. The van der Waals surface area contributed by atoms with Crippen molar-refractivity contribution in [1.29, 1.82) is 0 Å². The highest BCUT2D eigenvalue weighted by atomic mass is 32.2. The van der Waals surface area contributed by atoms with Crippen LogP contribution >= 0.6 is 0 Å². The minimum atomic E-state index is -3.42. The molecule has 0 bridgehead atoms. The number of rotatable bonds is 12. The molecule has 210 valence electrons. The van der Waals surface area contributed by atoms with Crippen LogP contribution in [0.3, 0.4) is 0 Å². The second-order valence-electron chi connectivity index (χ2n) is 8.51. The summed E-state index contributed by atoms with van der Waals surface area (Å²) >= 11 is 0. The fourth-order valence-electron chi connectivity index (χ4n) is 3.89. The highest BCUT2D eigenvalue weighted by molar-refractivity contribution is 7.92. The van der Waals surface area contributed by atoms with Crippen molar-refractivity contribution in [3.63, 3.8) is 0 Å². The molecule has 0 aliphatic heterocycles. The molecule has 8 nitrogen and oxygen atoms in total. The number of hydrogen-bond acceptors (Lipinski definition) is 7. The van der Waals surface area contributed by atoms with Gasteiger partial charge < -0.3 is 14.2 Å². The van der Waals surface area contributed by atoms with Gasteiger partial charge in [-0.05, 0) is 71.6 Å². The largest absolute Gasteiger partial charge is 0.439 e. The molecule has 0 radical (unpaired) electrons. The van der Waals surface area contributed by atoms with Gasteiger partial charge in [-0.3, -0.25) is 9.71 Å². The van der Waals surface area contributed by atoms with Gasteiger partial charge in [0.1, 0.15) is 5.75 Å². The van der Waals surface area contributed by atoms with Gasteiger partial charge in [0.15, 0.2) is 11.5 Å². The van der Waals surface area contributed by atoms with Crippen molar-refractivity contribution in [2.24, 2.45) is 0 Å². The summed E-state index contributed by atoms with van der Waals surface area (Å²) in [5.41, 5.74) is 2.44. The van der Waals surface area contributed by atoms with Crippen LogP contribution in [0.25, 0.3) is 0 Å². The third-order valence-electron chi connectivity index (χ3n) is 5.53. The van der Waals surface area contributed by atoms with Crippen molar-refractivity contribution in [2.75, 3.05) is 11.0 Å². The molecule has 0 saturated heterocycles. The Hall–Kier alpha value is -4.39. The third-order valence-corrected chi connectivity index (χ3v) is 6.14. The molecule has 0 aliphatic carbocycles. The number of sulfonamides is 1. The topological polar surface area (TPSA) is 99.6 Å². The molecule has 2 aromatic carbocycles. The molecule has 13 heteroatoms. The van der Waals surface area contributed by atoms with Crippen LogP contribution in [0.1, 0.15) is 22.6 Å². The molecule has 1 unspecified atom stereocenters. The molecule has 4 aromatic rings. The Morgan fingerprint density at radius 1 is 0.825 bits per heavy atom. The molecule has 0 amide bonds. The minimum Gasteiger partial charge on any atom is -0.439 e. The number of ether oxygens (including phenoxy) is 3. The third kappa shape index (κ3) is 8.30. The molecular weight excluding hydrogens is 554 g/mol. The van der Waals surface area contributed by atoms with Crippen LogP contribution in [0.4, 0.5) is 23.2 Å². The van der Waals surface area contributed by atoms with Crippen molar-refractivity contribution < 1.29 is 40.2 Å². The van der Waals surface area contributed by atoms with Gasteiger partial charge >= 0.3 is 13.2 Å². The zero-order chi connectivity index (χ0) is 28.7. The van der Waals surface area contributed by atoms with Crippen molar-refractivity contribution in [2.45, 2.75) is 25.6 Å². The van der Waals surface area contributed by atoms with E-state index in [4.69, 9.17) is 4.74 Å². The SMILES string of the molecule is CS(=O)(=O)Nc1ccc(Oc2ccc(C(Cc3ccncc3)c3ccc(OC(F)F)c(OC(F)F)c3)cn2)cc1. The second kappa shape index (κ2) is 12.6. The van der Waals surface area contributed by atoms with E-state index in [-0.39, 0.29) is 5.88 Å². The lowest BCUT2D eigenvalue weighted by Crippen LogP contribution is -2.10. The first-order valence-electron chi connectivity index (χ1n) is 11.7. The van der Waals surface area contributed by atoms with Crippen molar-refractivity contribution in [1.82, 2.24) is 9.97 Å². The average molecular weight is 578 g/mol. The Morgan fingerprint density at radius 2 is 1.48 bits per heavy atom. The van der Waals surface area contributed by atoms with E-state index in [1.54, 1.807) is 55.0 Å². The van der Waals surface area contributed by atoms with E-state index < -0.39 is 40.7 Å². The van der Waals surface area contributed by atoms with E-state index in [2.05, 4.69) is 24.2 Å². The monoisotopic (exact) mass is 577 g/mol. The first-order chi connectivity index (χ1) is 19.1. The molecule has 0 spiro atoms. The maximum Gasteiger partial charge on any atom is 0.387 e. The van der Waals surface area contributed by atoms with E-state index in [1.807, 2.05) is 0 Å². The summed E-state index contributed by atoms with van der Waals surface area (Å²) in [6, 6.07) is 17.1. The van der Waals surface area contributed by atoms with Crippen LogP contribution in [0.15, 0.2) is 85.3 Å². The van der Waals surface area contributed by atoms with E-state index in [0.717, 1.165) is 17.9 Å². The molecule has 0 aliphatic rings. The minimum absolute atomic E-state index is 0.248. The first-order valence-corrected chi connectivity index (χ1v) is 13.6. The Kier molecular flexibility index (Phi) is 9.04. The highest BCUT2D eigenvalue weighted by Gasteiger charge is 2.21. The molecule has 0 saturated carbocycles. The molecule has 1 N–H and O–H groups in total. The van der Waals surface area contributed by atoms with Gasteiger partial charge in [-0.1, -0.05) is 12.1 Å². The summed E-state index contributed by atoms with van der Waals surface area (Å²) in [7, 11) is -3.42. The Balaban J connectivity index is 1.61. The standard InChI is InChI=1S/C27H23F4N3O5S/c1-40(35,36)34-20-4-6-21(7-5-20)37-25-9-3-19(16-33-25)22(14-17-10-12-32-13-11-17)18-2-8-23(38-26(28)29)24(15-18)39-27(30)31/h2-13,15-16,22,26-27,34H,14H2,1H3. The summed E-state index contributed by atoms with van der Waals surface area (Å²) in [4.78, 5) is 8.36. The van der Waals surface area contributed by atoms with Gasteiger partial charge in [-0.25, -0.2) is 13.4 Å². The average Bonchev–Trinajstić information content (AvgIpc) is 2.89. The van der Waals surface area contributed by atoms with Gasteiger partial charge in [-0.15, -0.1) is 0 Å². The van der Waals surface area contributed by atoms with Gasteiger partial charge in [0.25, 0.3) is 0 Å². The van der Waals surface area contributed by atoms with Gasteiger partial charge in [0, 0.05) is 36.3 Å². The number of pyridine rings is 2. The Morgan fingerprint density at radius 3 is 2.08 bits per heavy atom. The van der Waals surface area contributed by atoms with Crippen LogP contribution in [0.2, 0.25) is 0 Å². The maximum absolute atomic E-state index is 13.0. The lowest BCUT2D eigenvalue weighted by molar-refractivity contribution is -0.0692. The Labute approximate surface area is 227 Å². The molecule has 0 fully saturated rings. The van der Waals surface area contributed by atoms with Crippen molar-refractivity contribution in [3.05, 3.63) is 102 Å². The molecule has 1 atom stereocenters. The highest BCUT2D eigenvalue weighted by Crippen LogP contribution is 2.37. The molecule has 2 heterocycles. The van der Waals surface area contributed by atoms with Crippen LogP contribution in [0.5, 0.6) is 23.1 Å². The van der Waals surface area contributed by atoms with Gasteiger partial charge in [0.05, 0.1) is 6.26 Å². The summed E-state index contributed by atoms with van der Waals surface area (Å²) in [6.45, 7) is -6.47. The van der Waals surface area contributed by atoms with E-state index in [9.17, 15) is 26.0 Å². The normalized spacial score (nSPS) is 12.3. The van der Waals surface area contributed by atoms with Crippen LogP contribution in [-0.4, -0.2) is 37.9 Å². The number of anilines is 1. The van der Waals surface area contributed by atoms with Crippen LogP contribution < -0.4 is 18.9 Å². The number of aromatic nitrogens is 2. The second-order valence-corrected chi connectivity index (χ2v) is 10.3. The zero-order valence-corrected chi connectivity index (χ0v) is 21.7. The number of alkyl halides is 4. The molecule has 4 rings (SSSR count). The maximum atomic E-state index is 13.0. The molecule has 40 heavy (non-hydrogen) atoms. The van der Waals surface area contributed by atoms with Crippen molar-refractivity contribution >= 4 is 15.7 Å². The number of nitrogens with zero attached hydrogens (tertiary/aromatic N) is 2. The van der Waals surface area contributed by atoms with E-state index >= 15 is 0 Å². The number of hydrogen-bond donors (Lipinski definition) is 1. The first kappa shape index (κ1) is 28.6. The predicted octanol–water partition coefficient (Wildman–Crippen LogP) is 6.22. The fraction of sp³-hybridized carbons (Fsp3) is 0.185. The summed E-state index contributed by atoms with van der Waals surface area (Å²) in [5.74, 6) is -0.810. The quantitative estimate of drug-likeness (QED) is 0.200. The smallest absolute Gasteiger partial charge is 0.387 e. The van der Waals surface area contributed by atoms with Crippen molar-refractivity contribution in [3.8, 4) is 23.1 Å². The zero-order valence-electron chi connectivity index (χ0n) is 20.9. The number of benzene rings is 2. The fourth-order valence-corrected chi connectivity index (χ4v) is 4.45. The molecular formula is C27H23F4N3O5S. The number of nitrogens with one attached hydrogen (secondary N) is 1. The van der Waals surface area contributed by atoms with Gasteiger partial charge in [-0.2, -0.15) is 17.6 Å². The van der Waals surface area contributed by atoms with E-state index in [1.165, 1.54) is 24.3 Å². The van der Waals surface area contributed by atoms with E-state index in [0.29, 0.717) is 29.0 Å².